The highest BCUT2D eigenvalue weighted by Crippen LogP contribution is 2.27. The number of rotatable bonds is 1. The van der Waals surface area contributed by atoms with Gasteiger partial charge in [0.1, 0.15) is 6.33 Å². The van der Waals surface area contributed by atoms with Crippen LogP contribution in [0.1, 0.15) is 26.3 Å². The zero-order valence-corrected chi connectivity index (χ0v) is 11.3. The lowest BCUT2D eigenvalue weighted by Crippen LogP contribution is -2.10. The molecule has 4 nitrogen and oxygen atoms in total. The van der Waals surface area contributed by atoms with E-state index in [9.17, 15) is 0 Å². The fourth-order valence-corrected chi connectivity index (χ4v) is 2.18. The van der Waals surface area contributed by atoms with Crippen LogP contribution in [-0.2, 0) is 5.41 Å². The number of hydrogen-bond donors (Lipinski definition) is 0. The first-order valence-electron chi connectivity index (χ1n) is 6.29. The van der Waals surface area contributed by atoms with Crippen LogP contribution in [0, 0.1) is 0 Å². The number of fused-ring (bicyclic) bond motifs is 1. The molecule has 0 saturated carbocycles. The molecule has 0 radical (unpaired) electrons. The lowest BCUT2D eigenvalue weighted by molar-refractivity contribution is 0.595. The highest BCUT2D eigenvalue weighted by atomic mass is 15.2. The monoisotopic (exact) mass is 252 g/mol. The number of pyridine rings is 1. The van der Waals surface area contributed by atoms with Crippen LogP contribution in [0.25, 0.3) is 16.6 Å². The Labute approximate surface area is 112 Å². The van der Waals surface area contributed by atoms with Gasteiger partial charge in [0.05, 0.1) is 11.7 Å². The van der Waals surface area contributed by atoms with Crippen LogP contribution < -0.4 is 0 Å². The molecule has 96 valence electrons. The van der Waals surface area contributed by atoms with Gasteiger partial charge in [-0.3, -0.25) is 0 Å². The molecule has 3 aromatic heterocycles. The molecule has 3 rings (SSSR count). The predicted octanol–water partition coefficient (Wildman–Crippen LogP) is 3.09. The van der Waals surface area contributed by atoms with Crippen molar-refractivity contribution in [2.45, 2.75) is 26.2 Å². The Bertz CT molecular complexity index is 708. The van der Waals surface area contributed by atoms with Gasteiger partial charge in [0.2, 0.25) is 0 Å². The normalized spacial score (nSPS) is 11.9. The molecule has 0 N–H and O–H groups in total. The van der Waals surface area contributed by atoms with Gasteiger partial charge in [0.15, 0.2) is 0 Å². The van der Waals surface area contributed by atoms with E-state index < -0.39 is 0 Å². The highest BCUT2D eigenvalue weighted by molar-refractivity contribution is 5.66. The van der Waals surface area contributed by atoms with Crippen molar-refractivity contribution < 1.29 is 0 Å². The molecule has 19 heavy (non-hydrogen) atoms. The molecule has 0 atom stereocenters. The lowest BCUT2D eigenvalue weighted by Gasteiger charge is -2.16. The van der Waals surface area contributed by atoms with Gasteiger partial charge in [-0.25, -0.2) is 14.5 Å². The van der Waals surface area contributed by atoms with Gasteiger partial charge in [-0.1, -0.05) is 26.8 Å². The van der Waals surface area contributed by atoms with E-state index in [0.717, 1.165) is 16.6 Å². The van der Waals surface area contributed by atoms with Crippen molar-refractivity contribution in [3.63, 3.8) is 0 Å². The van der Waals surface area contributed by atoms with Gasteiger partial charge in [0.25, 0.3) is 0 Å². The predicted molar refractivity (Wildman–Crippen MR) is 74.9 cm³/mol. The van der Waals surface area contributed by atoms with Gasteiger partial charge < -0.3 is 0 Å². The van der Waals surface area contributed by atoms with Crippen LogP contribution in [0.3, 0.4) is 0 Å². The summed E-state index contributed by atoms with van der Waals surface area (Å²) in [7, 11) is 0. The second-order valence-corrected chi connectivity index (χ2v) is 5.68. The van der Waals surface area contributed by atoms with E-state index in [-0.39, 0.29) is 5.41 Å². The molecular formula is C15H16N4. The Morgan fingerprint density at radius 3 is 2.37 bits per heavy atom. The third-order valence-corrected chi connectivity index (χ3v) is 3.22. The summed E-state index contributed by atoms with van der Waals surface area (Å²) in [5.74, 6) is 0. The minimum atomic E-state index is 0.0964. The molecule has 3 aromatic rings. The third kappa shape index (κ3) is 2.10. The molecular weight excluding hydrogens is 236 g/mol. The molecule has 0 unspecified atom stereocenters. The molecule has 3 heterocycles. The Hall–Kier alpha value is -2.23. The second kappa shape index (κ2) is 4.16. The van der Waals surface area contributed by atoms with E-state index in [1.807, 2.05) is 29.3 Å². The van der Waals surface area contributed by atoms with Crippen LogP contribution >= 0.6 is 0 Å². The second-order valence-electron chi connectivity index (χ2n) is 5.68. The van der Waals surface area contributed by atoms with E-state index in [2.05, 4.69) is 48.0 Å². The third-order valence-electron chi connectivity index (χ3n) is 3.22. The van der Waals surface area contributed by atoms with Crippen molar-refractivity contribution in [1.29, 1.82) is 0 Å². The molecule has 4 heteroatoms. The molecule has 0 aliphatic carbocycles. The number of aromatic nitrogens is 4. The van der Waals surface area contributed by atoms with Crippen LogP contribution in [0.15, 0.2) is 43.2 Å². The van der Waals surface area contributed by atoms with Crippen LogP contribution in [-0.4, -0.2) is 19.6 Å². The van der Waals surface area contributed by atoms with Crippen molar-refractivity contribution in [3.8, 4) is 11.1 Å². The van der Waals surface area contributed by atoms with Crippen LogP contribution in [0.5, 0.6) is 0 Å². The fraction of sp³-hybridized carbons (Fsp3) is 0.267. The zero-order chi connectivity index (χ0) is 13.5. The zero-order valence-electron chi connectivity index (χ0n) is 11.3. The van der Waals surface area contributed by atoms with Gasteiger partial charge in [-0.15, -0.1) is 0 Å². The quantitative estimate of drug-likeness (QED) is 0.668. The topological polar surface area (TPSA) is 43.1 Å². The summed E-state index contributed by atoms with van der Waals surface area (Å²) >= 11 is 0. The maximum atomic E-state index is 4.45. The van der Waals surface area contributed by atoms with Crippen molar-refractivity contribution in [2.24, 2.45) is 0 Å². The van der Waals surface area contributed by atoms with Gasteiger partial charge in [-0.2, -0.15) is 5.10 Å². The van der Waals surface area contributed by atoms with E-state index >= 15 is 0 Å². The molecule has 0 spiro atoms. The van der Waals surface area contributed by atoms with Crippen LogP contribution in [0.2, 0.25) is 0 Å². The SMILES string of the molecule is CC(C)(C)c1cnn2cc(-c3cncnc3)ccc12. The lowest BCUT2D eigenvalue weighted by atomic mass is 9.88. The Morgan fingerprint density at radius 1 is 0.947 bits per heavy atom. The fourth-order valence-electron chi connectivity index (χ4n) is 2.18. The van der Waals surface area contributed by atoms with E-state index in [1.165, 1.54) is 11.9 Å². The van der Waals surface area contributed by atoms with Gasteiger partial charge >= 0.3 is 0 Å². The van der Waals surface area contributed by atoms with Crippen molar-refractivity contribution in [1.82, 2.24) is 19.6 Å². The number of nitrogens with zero attached hydrogens (tertiary/aromatic N) is 4. The average Bonchev–Trinajstić information content (AvgIpc) is 2.82. The Morgan fingerprint density at radius 2 is 1.68 bits per heavy atom. The first-order chi connectivity index (χ1) is 9.05. The molecule has 0 aliphatic heterocycles. The van der Waals surface area contributed by atoms with Crippen LogP contribution in [0.4, 0.5) is 0 Å². The van der Waals surface area contributed by atoms with Crippen molar-refractivity contribution >= 4 is 5.52 Å². The van der Waals surface area contributed by atoms with Crippen molar-refractivity contribution in [3.05, 3.63) is 48.8 Å². The maximum Gasteiger partial charge on any atom is 0.115 e. The van der Waals surface area contributed by atoms with Crippen molar-refractivity contribution in [2.75, 3.05) is 0 Å². The summed E-state index contributed by atoms with van der Waals surface area (Å²) in [4.78, 5) is 8.09. The molecule has 0 bridgehead atoms. The van der Waals surface area contributed by atoms with E-state index in [0.29, 0.717) is 0 Å². The van der Waals surface area contributed by atoms with E-state index in [1.54, 1.807) is 0 Å². The number of hydrogen-bond acceptors (Lipinski definition) is 3. The van der Waals surface area contributed by atoms with Gasteiger partial charge in [0, 0.05) is 35.3 Å². The average molecular weight is 252 g/mol. The summed E-state index contributed by atoms with van der Waals surface area (Å²) in [5.41, 5.74) is 4.56. The minimum absolute atomic E-state index is 0.0964. The summed E-state index contributed by atoms with van der Waals surface area (Å²) in [6.45, 7) is 6.59. The Kier molecular flexibility index (Phi) is 2.59. The first kappa shape index (κ1) is 11.8. The minimum Gasteiger partial charge on any atom is -0.244 e. The first-order valence-corrected chi connectivity index (χ1v) is 6.29. The summed E-state index contributed by atoms with van der Waals surface area (Å²) < 4.78 is 1.92. The summed E-state index contributed by atoms with van der Waals surface area (Å²) in [6.07, 6.45) is 9.11. The highest BCUT2D eigenvalue weighted by Gasteiger charge is 2.18. The van der Waals surface area contributed by atoms with Gasteiger partial charge in [-0.05, 0) is 11.5 Å². The standard InChI is InChI=1S/C15H16N4/c1-15(2,3)13-8-18-19-9-11(4-5-14(13)19)12-6-16-10-17-7-12/h4-10H,1-3H3. The summed E-state index contributed by atoms with van der Waals surface area (Å²) in [5, 5.41) is 4.45. The smallest absolute Gasteiger partial charge is 0.115 e. The summed E-state index contributed by atoms with van der Waals surface area (Å²) in [6, 6.07) is 4.20. The Balaban J connectivity index is 2.14. The van der Waals surface area contributed by atoms with E-state index in [4.69, 9.17) is 0 Å². The maximum absolute atomic E-state index is 4.45. The molecule has 0 saturated heterocycles. The molecule has 0 aliphatic rings. The molecule has 0 fully saturated rings. The molecule has 0 amide bonds. The molecule has 0 aromatic carbocycles. The largest absolute Gasteiger partial charge is 0.244 e.